The van der Waals surface area contributed by atoms with Gasteiger partial charge in [-0.15, -0.1) is 0 Å². The second-order valence-corrected chi connectivity index (χ2v) is 11.8. The van der Waals surface area contributed by atoms with Gasteiger partial charge in [0, 0.05) is 33.2 Å². The van der Waals surface area contributed by atoms with Crippen LogP contribution in [0.3, 0.4) is 0 Å². The van der Waals surface area contributed by atoms with Crippen LogP contribution in [0.2, 0.25) is 0 Å². The maximum Gasteiger partial charge on any atom is 0.0547 e. The van der Waals surface area contributed by atoms with E-state index in [-0.39, 0.29) is 0 Å². The molecule has 0 bridgehead atoms. The van der Waals surface area contributed by atoms with Gasteiger partial charge in [0.05, 0.1) is 16.7 Å². The number of aromatic nitrogens is 1. The van der Waals surface area contributed by atoms with Gasteiger partial charge in [0.1, 0.15) is 0 Å². The first-order valence-electron chi connectivity index (χ1n) is 15.8. The summed E-state index contributed by atoms with van der Waals surface area (Å²) in [5.74, 6) is 0. The fraction of sp³-hybridized carbons (Fsp3) is 0. The first-order valence-corrected chi connectivity index (χ1v) is 15.8. The third-order valence-electron chi connectivity index (χ3n) is 9.17. The second kappa shape index (κ2) is 10.8. The molecule has 0 aliphatic rings. The van der Waals surface area contributed by atoms with Crippen LogP contribution in [0.15, 0.2) is 182 Å². The summed E-state index contributed by atoms with van der Waals surface area (Å²) in [6.45, 7) is 0. The van der Waals surface area contributed by atoms with Crippen LogP contribution in [0.5, 0.6) is 0 Å². The van der Waals surface area contributed by atoms with Crippen molar-refractivity contribution in [2.45, 2.75) is 0 Å². The summed E-state index contributed by atoms with van der Waals surface area (Å²) >= 11 is 0. The number of fused-ring (bicyclic) bond motifs is 6. The molecule has 8 aromatic carbocycles. The Morgan fingerprint density at radius 3 is 1.67 bits per heavy atom. The summed E-state index contributed by atoms with van der Waals surface area (Å²) in [6.07, 6.45) is 0. The molecule has 1 aromatic heterocycles. The Labute approximate surface area is 268 Å². The van der Waals surface area contributed by atoms with Crippen LogP contribution in [-0.2, 0) is 0 Å². The monoisotopic (exact) mass is 586 g/mol. The van der Waals surface area contributed by atoms with Crippen LogP contribution in [0.1, 0.15) is 0 Å². The zero-order valence-electron chi connectivity index (χ0n) is 25.2. The molecule has 0 radical (unpaired) electrons. The SMILES string of the molecule is c1ccc(-c2ccc(N(c3ccc(-n4c5ccccc5c5c6ccccc6ccc54)cc3)c3cccc4ccccc34)cc2)cc1. The third-order valence-corrected chi connectivity index (χ3v) is 9.17. The van der Waals surface area contributed by atoms with Gasteiger partial charge in [0.15, 0.2) is 0 Å². The molecule has 216 valence electrons. The molecule has 0 saturated carbocycles. The lowest BCUT2D eigenvalue weighted by Gasteiger charge is -2.27. The summed E-state index contributed by atoms with van der Waals surface area (Å²) in [5, 5.41) is 7.56. The van der Waals surface area contributed by atoms with E-state index < -0.39 is 0 Å². The molecule has 9 rings (SSSR count). The number of anilines is 3. The van der Waals surface area contributed by atoms with Crippen molar-refractivity contribution in [2.75, 3.05) is 4.90 Å². The van der Waals surface area contributed by atoms with Crippen LogP contribution in [-0.4, -0.2) is 4.57 Å². The Hall–Kier alpha value is -6.12. The lowest BCUT2D eigenvalue weighted by molar-refractivity contribution is 1.17. The first-order chi connectivity index (χ1) is 22.8. The highest BCUT2D eigenvalue weighted by Gasteiger charge is 2.18. The van der Waals surface area contributed by atoms with E-state index in [0.717, 1.165) is 22.7 Å². The van der Waals surface area contributed by atoms with Crippen LogP contribution >= 0.6 is 0 Å². The van der Waals surface area contributed by atoms with E-state index >= 15 is 0 Å². The molecule has 0 atom stereocenters. The molecule has 0 aliphatic carbocycles. The Morgan fingerprint density at radius 1 is 0.348 bits per heavy atom. The van der Waals surface area contributed by atoms with Crippen molar-refractivity contribution >= 4 is 60.4 Å². The van der Waals surface area contributed by atoms with Gasteiger partial charge in [0.2, 0.25) is 0 Å². The minimum Gasteiger partial charge on any atom is -0.310 e. The molecule has 0 amide bonds. The quantitative estimate of drug-likeness (QED) is 0.195. The molecular weight excluding hydrogens is 556 g/mol. The lowest BCUT2D eigenvalue weighted by Crippen LogP contribution is -2.10. The zero-order valence-corrected chi connectivity index (χ0v) is 25.2. The van der Waals surface area contributed by atoms with Gasteiger partial charge >= 0.3 is 0 Å². The highest BCUT2D eigenvalue weighted by Crippen LogP contribution is 2.41. The van der Waals surface area contributed by atoms with Crippen molar-refractivity contribution in [3.8, 4) is 16.8 Å². The van der Waals surface area contributed by atoms with Gasteiger partial charge in [-0.3, -0.25) is 0 Å². The maximum absolute atomic E-state index is 2.40. The molecule has 0 saturated heterocycles. The van der Waals surface area contributed by atoms with E-state index in [1.54, 1.807) is 0 Å². The van der Waals surface area contributed by atoms with Crippen LogP contribution in [0.4, 0.5) is 17.1 Å². The van der Waals surface area contributed by atoms with E-state index in [4.69, 9.17) is 0 Å². The van der Waals surface area contributed by atoms with Gasteiger partial charge in [-0.2, -0.15) is 0 Å². The summed E-state index contributed by atoms with van der Waals surface area (Å²) in [5.41, 5.74) is 9.37. The molecule has 46 heavy (non-hydrogen) atoms. The molecule has 0 N–H and O–H groups in total. The molecule has 2 heteroatoms. The smallest absolute Gasteiger partial charge is 0.0547 e. The van der Waals surface area contributed by atoms with Crippen molar-refractivity contribution in [3.05, 3.63) is 182 Å². The highest BCUT2D eigenvalue weighted by atomic mass is 15.1. The van der Waals surface area contributed by atoms with Gasteiger partial charge in [-0.1, -0.05) is 127 Å². The average molecular weight is 587 g/mol. The van der Waals surface area contributed by atoms with Gasteiger partial charge < -0.3 is 9.47 Å². The molecule has 0 fully saturated rings. The fourth-order valence-corrected chi connectivity index (χ4v) is 7.03. The van der Waals surface area contributed by atoms with E-state index in [1.165, 1.54) is 54.5 Å². The first kappa shape index (κ1) is 26.3. The number of rotatable bonds is 5. The third kappa shape index (κ3) is 4.27. The van der Waals surface area contributed by atoms with Crippen molar-refractivity contribution in [2.24, 2.45) is 0 Å². The summed E-state index contributed by atoms with van der Waals surface area (Å²) in [4.78, 5) is 2.38. The average Bonchev–Trinajstić information content (AvgIpc) is 3.48. The van der Waals surface area contributed by atoms with Crippen LogP contribution in [0.25, 0.3) is 60.2 Å². The van der Waals surface area contributed by atoms with Crippen molar-refractivity contribution in [1.82, 2.24) is 4.57 Å². The highest BCUT2D eigenvalue weighted by molar-refractivity contribution is 6.21. The predicted octanol–water partition coefficient (Wildman–Crippen LogP) is 12.2. The van der Waals surface area contributed by atoms with Crippen LogP contribution < -0.4 is 4.90 Å². The minimum atomic E-state index is 1.11. The summed E-state index contributed by atoms with van der Waals surface area (Å²) in [7, 11) is 0. The van der Waals surface area contributed by atoms with E-state index in [9.17, 15) is 0 Å². The molecule has 9 aromatic rings. The summed E-state index contributed by atoms with van der Waals surface area (Å²) < 4.78 is 2.40. The minimum absolute atomic E-state index is 1.11. The number of nitrogens with zero attached hydrogens (tertiary/aromatic N) is 2. The molecule has 0 unspecified atom stereocenters. The lowest BCUT2D eigenvalue weighted by atomic mass is 10.0. The Balaban J connectivity index is 1.21. The predicted molar refractivity (Wildman–Crippen MR) is 196 cm³/mol. The van der Waals surface area contributed by atoms with Crippen molar-refractivity contribution in [3.63, 3.8) is 0 Å². The Bertz CT molecular complexity index is 2500. The zero-order chi connectivity index (χ0) is 30.5. The topological polar surface area (TPSA) is 8.17 Å². The second-order valence-electron chi connectivity index (χ2n) is 11.8. The van der Waals surface area contributed by atoms with E-state index in [1.807, 2.05) is 0 Å². The van der Waals surface area contributed by atoms with E-state index in [2.05, 4.69) is 191 Å². The number of benzene rings is 8. The molecule has 2 nitrogen and oxygen atoms in total. The van der Waals surface area contributed by atoms with Crippen LogP contribution in [0, 0.1) is 0 Å². The number of hydrogen-bond acceptors (Lipinski definition) is 1. The molecular formula is C44H30N2. The Kier molecular flexibility index (Phi) is 6.17. The Morgan fingerprint density at radius 2 is 0.913 bits per heavy atom. The molecule has 1 heterocycles. The van der Waals surface area contributed by atoms with Gasteiger partial charge in [-0.25, -0.2) is 0 Å². The largest absolute Gasteiger partial charge is 0.310 e. The standard InChI is InChI=1S/C44H30N2/c1-2-11-31(12-3-1)32-21-24-35(25-22-32)45(41-20-10-15-33-13-4-6-16-38(33)41)36-26-28-37(29-27-36)46-42-19-9-8-18-40(42)44-39-17-7-5-14-34(39)23-30-43(44)46/h1-30H. The van der Waals surface area contributed by atoms with E-state index in [0.29, 0.717) is 0 Å². The molecule has 0 aliphatic heterocycles. The molecule has 0 spiro atoms. The van der Waals surface area contributed by atoms with Crippen molar-refractivity contribution < 1.29 is 0 Å². The normalized spacial score (nSPS) is 11.5. The maximum atomic E-state index is 2.40. The number of hydrogen-bond donors (Lipinski definition) is 0. The van der Waals surface area contributed by atoms with Gasteiger partial charge in [0.25, 0.3) is 0 Å². The summed E-state index contributed by atoms with van der Waals surface area (Å²) in [6, 6.07) is 65.6. The number of para-hydroxylation sites is 1. The van der Waals surface area contributed by atoms with Crippen molar-refractivity contribution in [1.29, 1.82) is 0 Å². The fourth-order valence-electron chi connectivity index (χ4n) is 7.03. The van der Waals surface area contributed by atoms with Gasteiger partial charge in [-0.05, 0) is 81.9 Å².